The van der Waals surface area contributed by atoms with E-state index >= 15 is 0 Å². The lowest BCUT2D eigenvalue weighted by Crippen LogP contribution is -2.47. The molecule has 2 fully saturated rings. The molecule has 2 aliphatic rings. The predicted octanol–water partition coefficient (Wildman–Crippen LogP) is 2.88. The number of piperidine rings is 1. The van der Waals surface area contributed by atoms with Gasteiger partial charge in [-0.05, 0) is 44.1 Å². The maximum Gasteiger partial charge on any atom is 0.237 e. The second kappa shape index (κ2) is 8.80. The number of rotatable bonds is 4. The van der Waals surface area contributed by atoms with E-state index in [1.165, 1.54) is 44.9 Å². The minimum Gasteiger partial charge on any atom is -0.354 e. The Morgan fingerprint density at radius 2 is 1.79 bits per heavy atom. The Morgan fingerprint density at radius 1 is 1.11 bits per heavy atom. The first-order chi connectivity index (χ1) is 8.79. The first kappa shape index (κ1) is 16.8. The molecule has 1 saturated carbocycles. The molecular formula is C15H29ClN2O. The van der Waals surface area contributed by atoms with Crippen molar-refractivity contribution in [3.8, 4) is 0 Å². The summed E-state index contributed by atoms with van der Waals surface area (Å²) in [4.78, 5) is 12.0. The van der Waals surface area contributed by atoms with Gasteiger partial charge in [0.05, 0.1) is 6.04 Å². The Kier molecular flexibility index (Phi) is 7.77. The van der Waals surface area contributed by atoms with Crippen LogP contribution in [0, 0.1) is 11.8 Å². The van der Waals surface area contributed by atoms with Crippen LogP contribution in [0.5, 0.6) is 0 Å². The van der Waals surface area contributed by atoms with Gasteiger partial charge in [0.1, 0.15) is 0 Å². The summed E-state index contributed by atoms with van der Waals surface area (Å²) in [5.74, 6) is 1.89. The Labute approximate surface area is 123 Å². The van der Waals surface area contributed by atoms with Crippen molar-refractivity contribution < 1.29 is 4.79 Å². The Hall–Kier alpha value is -0.280. The van der Waals surface area contributed by atoms with Gasteiger partial charge in [0.2, 0.25) is 5.91 Å². The quantitative estimate of drug-likeness (QED) is 0.835. The first-order valence-electron chi connectivity index (χ1n) is 7.80. The fourth-order valence-corrected chi connectivity index (χ4v) is 3.29. The number of nitrogens with one attached hydrogen (secondary N) is 2. The van der Waals surface area contributed by atoms with Crippen LogP contribution in [-0.4, -0.2) is 25.0 Å². The van der Waals surface area contributed by atoms with E-state index in [-0.39, 0.29) is 24.4 Å². The van der Waals surface area contributed by atoms with Gasteiger partial charge < -0.3 is 10.6 Å². The molecule has 1 aliphatic heterocycles. The molecule has 1 saturated heterocycles. The van der Waals surface area contributed by atoms with E-state index in [1.54, 1.807) is 0 Å². The molecule has 0 bridgehead atoms. The minimum atomic E-state index is 0. The molecule has 0 aromatic carbocycles. The van der Waals surface area contributed by atoms with Gasteiger partial charge in [0, 0.05) is 6.54 Å². The summed E-state index contributed by atoms with van der Waals surface area (Å²) in [6.07, 6.45) is 10.1. The van der Waals surface area contributed by atoms with E-state index in [9.17, 15) is 4.79 Å². The molecule has 2 rings (SSSR count). The number of hydrogen-bond acceptors (Lipinski definition) is 2. The van der Waals surface area contributed by atoms with Gasteiger partial charge in [-0.3, -0.25) is 4.79 Å². The predicted molar refractivity (Wildman–Crippen MR) is 81.6 cm³/mol. The third-order valence-electron chi connectivity index (χ3n) is 4.74. The molecule has 1 aliphatic carbocycles. The van der Waals surface area contributed by atoms with Gasteiger partial charge in [-0.2, -0.15) is 0 Å². The summed E-state index contributed by atoms with van der Waals surface area (Å²) >= 11 is 0. The summed E-state index contributed by atoms with van der Waals surface area (Å²) in [5.41, 5.74) is 0. The molecule has 1 amide bonds. The van der Waals surface area contributed by atoms with E-state index in [0.717, 1.165) is 31.3 Å². The van der Waals surface area contributed by atoms with Crippen LogP contribution in [0.1, 0.15) is 58.3 Å². The highest BCUT2D eigenvalue weighted by Gasteiger charge is 2.23. The molecular weight excluding hydrogens is 260 g/mol. The second-order valence-electron chi connectivity index (χ2n) is 6.04. The lowest BCUT2D eigenvalue weighted by molar-refractivity contribution is -0.123. The van der Waals surface area contributed by atoms with Crippen LogP contribution in [0.2, 0.25) is 0 Å². The maximum atomic E-state index is 12.0. The molecule has 2 N–H and O–H groups in total. The van der Waals surface area contributed by atoms with Crippen LogP contribution >= 0.6 is 12.4 Å². The molecule has 0 radical (unpaired) electrons. The van der Waals surface area contributed by atoms with E-state index < -0.39 is 0 Å². The van der Waals surface area contributed by atoms with Crippen molar-refractivity contribution in [2.45, 2.75) is 64.3 Å². The summed E-state index contributed by atoms with van der Waals surface area (Å²) in [6, 6.07) is 0.0748. The molecule has 19 heavy (non-hydrogen) atoms. The van der Waals surface area contributed by atoms with Crippen molar-refractivity contribution in [3.63, 3.8) is 0 Å². The first-order valence-corrected chi connectivity index (χ1v) is 7.80. The van der Waals surface area contributed by atoms with Crippen LogP contribution in [0.3, 0.4) is 0 Å². The number of carbonyl (C=O) groups excluding carboxylic acids is 1. The van der Waals surface area contributed by atoms with Crippen LogP contribution in [0.4, 0.5) is 0 Å². The van der Waals surface area contributed by atoms with Crippen molar-refractivity contribution in [3.05, 3.63) is 0 Å². The van der Waals surface area contributed by atoms with Crippen molar-refractivity contribution >= 4 is 18.3 Å². The SMILES string of the molecule is CCC1CCC(CNC(=O)[C@@H]2CCCCN2)CC1.Cl. The average molecular weight is 289 g/mol. The molecule has 112 valence electrons. The fourth-order valence-electron chi connectivity index (χ4n) is 3.29. The normalized spacial score (nSPS) is 31.3. The van der Waals surface area contributed by atoms with Gasteiger partial charge in [0.25, 0.3) is 0 Å². The highest BCUT2D eigenvalue weighted by molar-refractivity contribution is 5.85. The lowest BCUT2D eigenvalue weighted by Gasteiger charge is -2.29. The fraction of sp³-hybridized carbons (Fsp3) is 0.933. The maximum absolute atomic E-state index is 12.0. The van der Waals surface area contributed by atoms with Crippen molar-refractivity contribution in [1.82, 2.24) is 10.6 Å². The van der Waals surface area contributed by atoms with Gasteiger partial charge in [-0.15, -0.1) is 12.4 Å². The number of carbonyl (C=O) groups is 1. The largest absolute Gasteiger partial charge is 0.354 e. The summed E-state index contributed by atoms with van der Waals surface area (Å²) in [5, 5.41) is 6.46. The smallest absolute Gasteiger partial charge is 0.237 e. The zero-order valence-corrected chi connectivity index (χ0v) is 12.9. The van der Waals surface area contributed by atoms with Gasteiger partial charge in [-0.1, -0.05) is 32.6 Å². The molecule has 0 aromatic rings. The third-order valence-corrected chi connectivity index (χ3v) is 4.74. The minimum absolute atomic E-state index is 0. The molecule has 3 nitrogen and oxygen atoms in total. The van der Waals surface area contributed by atoms with Crippen molar-refractivity contribution in [1.29, 1.82) is 0 Å². The van der Waals surface area contributed by atoms with Crippen LogP contribution in [0.25, 0.3) is 0 Å². The Morgan fingerprint density at radius 3 is 2.37 bits per heavy atom. The third kappa shape index (κ3) is 5.31. The highest BCUT2D eigenvalue weighted by Crippen LogP contribution is 2.30. The van der Waals surface area contributed by atoms with E-state index in [4.69, 9.17) is 0 Å². The van der Waals surface area contributed by atoms with Crippen LogP contribution in [-0.2, 0) is 4.79 Å². The van der Waals surface area contributed by atoms with Crippen molar-refractivity contribution in [2.75, 3.05) is 13.1 Å². The van der Waals surface area contributed by atoms with E-state index in [0.29, 0.717) is 0 Å². The highest BCUT2D eigenvalue weighted by atomic mass is 35.5. The van der Waals surface area contributed by atoms with E-state index in [2.05, 4.69) is 17.6 Å². The lowest BCUT2D eigenvalue weighted by atomic mass is 9.81. The van der Waals surface area contributed by atoms with Crippen molar-refractivity contribution in [2.24, 2.45) is 11.8 Å². The molecule has 4 heteroatoms. The summed E-state index contributed by atoms with van der Waals surface area (Å²) in [6.45, 7) is 4.19. The summed E-state index contributed by atoms with van der Waals surface area (Å²) < 4.78 is 0. The average Bonchev–Trinajstić information content (AvgIpc) is 2.46. The van der Waals surface area contributed by atoms with E-state index in [1.807, 2.05) is 0 Å². The molecule has 0 spiro atoms. The molecule has 0 aromatic heterocycles. The Bertz CT molecular complexity index is 259. The van der Waals surface area contributed by atoms with Gasteiger partial charge in [-0.25, -0.2) is 0 Å². The molecule has 1 heterocycles. The summed E-state index contributed by atoms with van der Waals surface area (Å²) in [7, 11) is 0. The zero-order valence-electron chi connectivity index (χ0n) is 12.1. The Balaban J connectivity index is 0.00000180. The van der Waals surface area contributed by atoms with Crippen LogP contribution in [0.15, 0.2) is 0 Å². The van der Waals surface area contributed by atoms with Gasteiger partial charge in [0.15, 0.2) is 0 Å². The number of halogens is 1. The second-order valence-corrected chi connectivity index (χ2v) is 6.04. The zero-order chi connectivity index (χ0) is 12.8. The van der Waals surface area contributed by atoms with Crippen LogP contribution < -0.4 is 10.6 Å². The number of amides is 1. The monoisotopic (exact) mass is 288 g/mol. The number of hydrogen-bond donors (Lipinski definition) is 2. The standard InChI is InChI=1S/C15H28N2O.ClH/c1-2-12-6-8-13(9-7-12)11-17-15(18)14-5-3-4-10-16-14;/h12-14,16H,2-11H2,1H3,(H,17,18);1H/t12?,13?,14-;/m0./s1. The topological polar surface area (TPSA) is 41.1 Å². The molecule has 0 unspecified atom stereocenters. The van der Waals surface area contributed by atoms with Gasteiger partial charge >= 0.3 is 0 Å². The molecule has 1 atom stereocenters.